The highest BCUT2D eigenvalue weighted by Crippen LogP contribution is 2.27. The van der Waals surface area contributed by atoms with Gasteiger partial charge >= 0.3 is 5.97 Å². The van der Waals surface area contributed by atoms with E-state index >= 15 is 0 Å². The van der Waals surface area contributed by atoms with E-state index in [0.717, 1.165) is 12.0 Å². The summed E-state index contributed by atoms with van der Waals surface area (Å²) in [5.41, 5.74) is 1.79. The number of hydrogen-bond donors (Lipinski definition) is 2. The number of aromatic nitrogens is 2. The molecule has 0 aliphatic carbocycles. The highest BCUT2D eigenvalue weighted by atomic mass is 16.4. The van der Waals surface area contributed by atoms with Gasteiger partial charge in [-0.05, 0) is 24.1 Å². The maximum atomic E-state index is 11.3. The lowest BCUT2D eigenvalue weighted by atomic mass is 10.0. The summed E-state index contributed by atoms with van der Waals surface area (Å²) in [5.74, 6) is -0.343. The Bertz CT molecular complexity index is 834. The molecule has 0 spiro atoms. The van der Waals surface area contributed by atoms with E-state index in [-0.39, 0.29) is 11.6 Å². The van der Waals surface area contributed by atoms with Crippen molar-refractivity contribution in [3.63, 3.8) is 0 Å². The molecule has 0 fully saturated rings. The second kappa shape index (κ2) is 6.44. The molecule has 0 bridgehead atoms. The minimum absolute atomic E-state index is 0.0998. The number of anilines is 1. The molecule has 1 atom stereocenters. The molecule has 23 heavy (non-hydrogen) atoms. The Hall–Kier alpha value is -2.95. The van der Waals surface area contributed by atoms with Crippen molar-refractivity contribution >= 4 is 22.7 Å². The van der Waals surface area contributed by atoms with Gasteiger partial charge < -0.3 is 10.4 Å². The van der Waals surface area contributed by atoms with Crippen LogP contribution in [0.4, 0.5) is 5.82 Å². The number of carbonyl (C=O) groups is 1. The van der Waals surface area contributed by atoms with Crippen LogP contribution in [0.3, 0.4) is 0 Å². The van der Waals surface area contributed by atoms with E-state index in [1.165, 1.54) is 6.33 Å². The molecule has 3 aromatic rings. The molecular weight excluding hydrogens is 290 g/mol. The van der Waals surface area contributed by atoms with Gasteiger partial charge in [0.15, 0.2) is 0 Å². The summed E-state index contributed by atoms with van der Waals surface area (Å²) < 4.78 is 0. The number of hydrogen-bond acceptors (Lipinski definition) is 4. The van der Waals surface area contributed by atoms with E-state index in [2.05, 4.69) is 34.3 Å². The Morgan fingerprint density at radius 3 is 2.61 bits per heavy atom. The van der Waals surface area contributed by atoms with Crippen LogP contribution < -0.4 is 5.32 Å². The first-order valence-electron chi connectivity index (χ1n) is 7.49. The molecular formula is C18H17N3O2. The lowest BCUT2D eigenvalue weighted by Crippen LogP contribution is -2.11. The number of nitrogens with zero attached hydrogens (tertiary/aromatic N) is 2. The lowest BCUT2D eigenvalue weighted by molar-refractivity contribution is 0.0699. The van der Waals surface area contributed by atoms with E-state index in [1.807, 2.05) is 24.3 Å². The van der Waals surface area contributed by atoms with Gasteiger partial charge in [-0.15, -0.1) is 0 Å². The molecule has 0 aliphatic heterocycles. The smallest absolute Gasteiger partial charge is 0.337 e. The van der Waals surface area contributed by atoms with Crippen molar-refractivity contribution < 1.29 is 9.90 Å². The van der Waals surface area contributed by atoms with Gasteiger partial charge in [0.2, 0.25) is 0 Å². The monoisotopic (exact) mass is 307 g/mol. The van der Waals surface area contributed by atoms with Crippen molar-refractivity contribution in [2.45, 2.75) is 19.4 Å². The van der Waals surface area contributed by atoms with Gasteiger partial charge in [-0.25, -0.2) is 14.8 Å². The van der Waals surface area contributed by atoms with Crippen LogP contribution in [0.15, 0.2) is 54.9 Å². The fraction of sp³-hybridized carbons (Fsp3) is 0.167. The summed E-state index contributed by atoms with van der Waals surface area (Å²) in [7, 11) is 0. The summed E-state index contributed by atoms with van der Waals surface area (Å²) >= 11 is 0. The maximum absolute atomic E-state index is 11.3. The van der Waals surface area contributed by atoms with E-state index in [9.17, 15) is 9.90 Å². The number of para-hydroxylation sites is 1. The Labute approximate surface area is 134 Å². The fourth-order valence-electron chi connectivity index (χ4n) is 2.65. The fourth-order valence-corrected chi connectivity index (χ4v) is 2.65. The molecule has 0 amide bonds. The molecule has 1 aromatic heterocycles. The molecule has 5 nitrogen and oxygen atoms in total. The number of benzene rings is 2. The second-order valence-electron chi connectivity index (χ2n) is 5.25. The van der Waals surface area contributed by atoms with E-state index in [4.69, 9.17) is 0 Å². The third-order valence-electron chi connectivity index (χ3n) is 3.82. The van der Waals surface area contributed by atoms with Crippen LogP contribution in [0.5, 0.6) is 0 Å². The van der Waals surface area contributed by atoms with Gasteiger partial charge in [0.05, 0.1) is 17.1 Å². The normalized spacial score (nSPS) is 12.0. The van der Waals surface area contributed by atoms with Crippen molar-refractivity contribution in [3.05, 3.63) is 66.0 Å². The third kappa shape index (κ3) is 2.99. The summed E-state index contributed by atoms with van der Waals surface area (Å²) in [5, 5.41) is 13.4. The average Bonchev–Trinajstić information content (AvgIpc) is 2.59. The number of carboxylic acids is 1. The number of fused-ring (bicyclic) bond motifs is 1. The van der Waals surface area contributed by atoms with Gasteiger partial charge in [-0.3, -0.25) is 0 Å². The number of rotatable bonds is 5. The van der Waals surface area contributed by atoms with Crippen LogP contribution in [0, 0.1) is 0 Å². The van der Waals surface area contributed by atoms with E-state index in [1.54, 1.807) is 12.1 Å². The Balaban J connectivity index is 2.03. The first-order valence-corrected chi connectivity index (χ1v) is 7.49. The Morgan fingerprint density at radius 1 is 1.13 bits per heavy atom. The predicted octanol–water partition coefficient (Wildman–Crippen LogP) is 3.89. The topological polar surface area (TPSA) is 75.1 Å². The van der Waals surface area contributed by atoms with Crippen LogP contribution in [-0.4, -0.2) is 21.0 Å². The third-order valence-corrected chi connectivity index (χ3v) is 3.82. The largest absolute Gasteiger partial charge is 0.478 e. The van der Waals surface area contributed by atoms with Gasteiger partial charge in [0.1, 0.15) is 12.1 Å². The molecule has 0 radical (unpaired) electrons. The zero-order valence-electron chi connectivity index (χ0n) is 12.7. The van der Waals surface area contributed by atoms with Gasteiger partial charge in [-0.2, -0.15) is 0 Å². The van der Waals surface area contributed by atoms with E-state index in [0.29, 0.717) is 16.7 Å². The van der Waals surface area contributed by atoms with Crippen LogP contribution in [0.2, 0.25) is 0 Å². The van der Waals surface area contributed by atoms with Crippen molar-refractivity contribution in [1.29, 1.82) is 0 Å². The molecule has 2 N–H and O–H groups in total. The number of nitrogens with one attached hydrogen (secondary N) is 1. The molecule has 0 unspecified atom stereocenters. The maximum Gasteiger partial charge on any atom is 0.337 e. The minimum atomic E-state index is -0.990. The Morgan fingerprint density at radius 2 is 1.91 bits per heavy atom. The van der Waals surface area contributed by atoms with Crippen molar-refractivity contribution in [1.82, 2.24) is 9.97 Å². The Kier molecular flexibility index (Phi) is 4.19. The van der Waals surface area contributed by atoms with E-state index < -0.39 is 5.97 Å². The summed E-state index contributed by atoms with van der Waals surface area (Å²) in [6.07, 6.45) is 2.28. The first kappa shape index (κ1) is 15.0. The van der Waals surface area contributed by atoms with Gasteiger partial charge in [0, 0.05) is 5.39 Å². The zero-order chi connectivity index (χ0) is 16.2. The minimum Gasteiger partial charge on any atom is -0.478 e. The first-order chi connectivity index (χ1) is 11.2. The van der Waals surface area contributed by atoms with Crippen LogP contribution in [0.1, 0.15) is 35.3 Å². The molecule has 2 aromatic carbocycles. The van der Waals surface area contributed by atoms with Crippen molar-refractivity contribution in [3.8, 4) is 0 Å². The standard InChI is InChI=1S/C18H17N3O2/c1-2-15(12-7-4-3-5-8-12)21-17-13-9-6-10-14(18(22)23)16(13)19-11-20-17/h3-11,15H,2H2,1H3,(H,22,23)(H,19,20,21)/t15-/m1/s1. The van der Waals surface area contributed by atoms with Crippen molar-refractivity contribution in [2.75, 3.05) is 5.32 Å². The molecule has 3 rings (SSSR count). The summed E-state index contributed by atoms with van der Waals surface area (Å²) in [6, 6.07) is 15.3. The summed E-state index contributed by atoms with van der Waals surface area (Å²) in [6.45, 7) is 2.09. The quantitative estimate of drug-likeness (QED) is 0.748. The van der Waals surface area contributed by atoms with Crippen LogP contribution in [-0.2, 0) is 0 Å². The average molecular weight is 307 g/mol. The molecule has 0 aliphatic rings. The lowest BCUT2D eigenvalue weighted by Gasteiger charge is -2.19. The highest BCUT2D eigenvalue weighted by molar-refractivity contribution is 6.04. The number of carboxylic acid groups (broad SMARTS) is 1. The molecule has 116 valence electrons. The molecule has 5 heteroatoms. The number of aromatic carboxylic acids is 1. The van der Waals surface area contributed by atoms with Crippen LogP contribution in [0.25, 0.3) is 10.9 Å². The zero-order valence-corrected chi connectivity index (χ0v) is 12.7. The van der Waals surface area contributed by atoms with Crippen LogP contribution >= 0.6 is 0 Å². The molecule has 0 saturated carbocycles. The highest BCUT2D eigenvalue weighted by Gasteiger charge is 2.15. The molecule has 1 heterocycles. The summed E-state index contributed by atoms with van der Waals surface area (Å²) in [4.78, 5) is 19.8. The SMILES string of the molecule is CC[C@@H](Nc1ncnc2c(C(=O)O)cccc12)c1ccccc1. The predicted molar refractivity (Wildman–Crippen MR) is 89.6 cm³/mol. The second-order valence-corrected chi connectivity index (χ2v) is 5.25. The van der Waals surface area contributed by atoms with Gasteiger partial charge in [0.25, 0.3) is 0 Å². The van der Waals surface area contributed by atoms with Crippen molar-refractivity contribution in [2.24, 2.45) is 0 Å². The molecule has 0 saturated heterocycles. The van der Waals surface area contributed by atoms with Gasteiger partial charge in [-0.1, -0.05) is 43.3 Å².